The first-order valence-electron chi connectivity index (χ1n) is 3.94. The molecule has 1 aliphatic heterocycles. The van der Waals surface area contributed by atoms with Crippen molar-refractivity contribution in [2.75, 3.05) is 0 Å². The Morgan fingerprint density at radius 3 is 2.92 bits per heavy atom. The summed E-state index contributed by atoms with van der Waals surface area (Å²) in [5.74, 6) is 0.0784. The zero-order valence-electron chi connectivity index (χ0n) is 6.86. The Labute approximate surface area is 80.3 Å². The van der Waals surface area contributed by atoms with Crippen LogP contribution in [0.15, 0.2) is 40.3 Å². The predicted molar refractivity (Wildman–Crippen MR) is 52.0 cm³/mol. The average molecular weight is 192 g/mol. The number of hydrogen-bond donors (Lipinski definition) is 1. The van der Waals surface area contributed by atoms with Crippen LogP contribution in [-0.2, 0) is 0 Å². The van der Waals surface area contributed by atoms with E-state index < -0.39 is 0 Å². The van der Waals surface area contributed by atoms with Gasteiger partial charge in [-0.15, -0.1) is 0 Å². The van der Waals surface area contributed by atoms with Gasteiger partial charge in [-0.25, -0.2) is 0 Å². The van der Waals surface area contributed by atoms with E-state index in [1.807, 2.05) is 24.3 Å². The number of thioether (sulfide) groups is 1. The van der Waals surface area contributed by atoms with Gasteiger partial charge in [0.15, 0.2) is 5.78 Å². The summed E-state index contributed by atoms with van der Waals surface area (Å²) < 4.78 is 0. The van der Waals surface area contributed by atoms with Gasteiger partial charge in [0.2, 0.25) is 0 Å². The fraction of sp³-hybridized carbons (Fsp3) is 0.100. The van der Waals surface area contributed by atoms with Gasteiger partial charge in [0.05, 0.1) is 6.26 Å². The Bertz CT molecular complexity index is 382. The Balaban J connectivity index is 2.48. The molecule has 0 spiro atoms. The molecule has 1 heterocycles. The van der Waals surface area contributed by atoms with E-state index in [0.717, 1.165) is 16.7 Å². The number of carbonyl (C=O) groups is 1. The molecule has 0 aromatic heterocycles. The minimum atomic E-state index is 0.0784. The molecular weight excluding hydrogens is 184 g/mol. The normalized spacial score (nSPS) is 18.8. The molecule has 0 amide bonds. The highest BCUT2D eigenvalue weighted by molar-refractivity contribution is 8.03. The lowest BCUT2D eigenvalue weighted by molar-refractivity contribution is 0.0990. The second-order valence-electron chi connectivity index (χ2n) is 2.79. The van der Waals surface area contributed by atoms with Crippen molar-refractivity contribution < 1.29 is 9.90 Å². The SMILES string of the molecule is O=C1C/C(=C/O)Sc2ccccc21. The van der Waals surface area contributed by atoms with E-state index in [0.29, 0.717) is 11.3 Å². The molecule has 1 aromatic rings. The molecule has 2 nitrogen and oxygen atoms in total. The zero-order valence-corrected chi connectivity index (χ0v) is 7.67. The maximum absolute atomic E-state index is 11.5. The Morgan fingerprint density at radius 1 is 1.38 bits per heavy atom. The number of hydrogen-bond acceptors (Lipinski definition) is 3. The number of ketones is 1. The maximum atomic E-state index is 11.5. The molecule has 0 radical (unpaired) electrons. The summed E-state index contributed by atoms with van der Waals surface area (Å²) in [6.45, 7) is 0. The summed E-state index contributed by atoms with van der Waals surface area (Å²) in [6, 6.07) is 7.45. The topological polar surface area (TPSA) is 37.3 Å². The standard InChI is InChI=1S/C10H8O2S/c11-6-7-5-9(12)8-3-1-2-4-10(8)13-7/h1-4,6,11H,5H2/b7-6-. The van der Waals surface area contributed by atoms with Gasteiger partial charge in [-0.1, -0.05) is 30.0 Å². The highest BCUT2D eigenvalue weighted by Crippen LogP contribution is 2.37. The smallest absolute Gasteiger partial charge is 0.169 e. The molecule has 0 atom stereocenters. The lowest BCUT2D eigenvalue weighted by Gasteiger charge is -2.15. The van der Waals surface area contributed by atoms with Crippen LogP contribution in [0.3, 0.4) is 0 Å². The summed E-state index contributed by atoms with van der Waals surface area (Å²) in [4.78, 5) is 13.1. The van der Waals surface area contributed by atoms with Crippen molar-refractivity contribution in [1.82, 2.24) is 0 Å². The maximum Gasteiger partial charge on any atom is 0.169 e. The molecule has 0 bridgehead atoms. The van der Waals surface area contributed by atoms with E-state index in [4.69, 9.17) is 5.11 Å². The summed E-state index contributed by atoms with van der Waals surface area (Å²) in [6.07, 6.45) is 1.33. The van der Waals surface area contributed by atoms with Crippen molar-refractivity contribution in [3.05, 3.63) is 41.0 Å². The first-order chi connectivity index (χ1) is 6.31. The van der Waals surface area contributed by atoms with E-state index >= 15 is 0 Å². The minimum Gasteiger partial charge on any atom is -0.515 e. The number of carbonyl (C=O) groups excluding carboxylic acids is 1. The van der Waals surface area contributed by atoms with Gasteiger partial charge < -0.3 is 5.11 Å². The quantitative estimate of drug-likeness (QED) is 0.642. The number of aliphatic hydroxyl groups excluding tert-OH is 1. The number of Topliss-reactive ketones (excluding diaryl/α,β-unsaturated/α-hetero) is 1. The number of allylic oxidation sites excluding steroid dienone is 1. The molecule has 66 valence electrons. The lowest BCUT2D eigenvalue weighted by Crippen LogP contribution is -2.06. The van der Waals surface area contributed by atoms with Crippen molar-refractivity contribution in [3.63, 3.8) is 0 Å². The molecule has 1 aromatic carbocycles. The number of rotatable bonds is 0. The highest BCUT2D eigenvalue weighted by atomic mass is 32.2. The van der Waals surface area contributed by atoms with Gasteiger partial charge in [0, 0.05) is 21.8 Å². The van der Waals surface area contributed by atoms with Crippen LogP contribution in [0.25, 0.3) is 0 Å². The third-order valence-electron chi connectivity index (χ3n) is 1.91. The van der Waals surface area contributed by atoms with Crippen LogP contribution in [0.5, 0.6) is 0 Å². The second-order valence-corrected chi connectivity index (χ2v) is 3.96. The van der Waals surface area contributed by atoms with Crippen molar-refractivity contribution in [2.24, 2.45) is 0 Å². The molecule has 3 heteroatoms. The van der Waals surface area contributed by atoms with E-state index in [-0.39, 0.29) is 5.78 Å². The van der Waals surface area contributed by atoms with Crippen LogP contribution in [-0.4, -0.2) is 10.9 Å². The third kappa shape index (κ3) is 1.47. The third-order valence-corrected chi connectivity index (χ3v) is 3.00. The predicted octanol–water partition coefficient (Wildman–Crippen LogP) is 2.76. The van der Waals surface area contributed by atoms with Crippen LogP contribution < -0.4 is 0 Å². The zero-order chi connectivity index (χ0) is 9.26. The van der Waals surface area contributed by atoms with E-state index in [9.17, 15) is 4.79 Å². The summed E-state index contributed by atoms with van der Waals surface area (Å²) >= 11 is 1.45. The molecule has 0 unspecified atom stereocenters. The van der Waals surface area contributed by atoms with Crippen molar-refractivity contribution in [2.45, 2.75) is 11.3 Å². The van der Waals surface area contributed by atoms with E-state index in [2.05, 4.69) is 0 Å². The van der Waals surface area contributed by atoms with Gasteiger partial charge in [0.25, 0.3) is 0 Å². The number of benzene rings is 1. The van der Waals surface area contributed by atoms with Crippen LogP contribution in [0.1, 0.15) is 16.8 Å². The Hall–Kier alpha value is -1.22. The van der Waals surface area contributed by atoms with Gasteiger partial charge >= 0.3 is 0 Å². The number of aliphatic hydroxyl groups is 1. The van der Waals surface area contributed by atoms with Crippen LogP contribution in [0, 0.1) is 0 Å². The second kappa shape index (κ2) is 3.26. The Kier molecular flexibility index (Phi) is 2.10. The molecule has 0 saturated heterocycles. The molecule has 0 fully saturated rings. The lowest BCUT2D eigenvalue weighted by atomic mass is 10.1. The summed E-state index contributed by atoms with van der Waals surface area (Å²) in [5, 5.41) is 8.80. The van der Waals surface area contributed by atoms with Crippen molar-refractivity contribution in [1.29, 1.82) is 0 Å². The fourth-order valence-corrected chi connectivity index (χ4v) is 2.27. The molecule has 13 heavy (non-hydrogen) atoms. The highest BCUT2D eigenvalue weighted by Gasteiger charge is 2.20. The summed E-state index contributed by atoms with van der Waals surface area (Å²) in [5.41, 5.74) is 0.762. The van der Waals surface area contributed by atoms with Gasteiger partial charge in [-0.05, 0) is 6.07 Å². The summed E-state index contributed by atoms with van der Waals surface area (Å²) in [7, 11) is 0. The van der Waals surface area contributed by atoms with Crippen LogP contribution in [0.4, 0.5) is 0 Å². The first kappa shape index (κ1) is 8.38. The monoisotopic (exact) mass is 192 g/mol. The van der Waals surface area contributed by atoms with E-state index in [1.54, 1.807) is 0 Å². The van der Waals surface area contributed by atoms with Gasteiger partial charge in [-0.2, -0.15) is 0 Å². The Morgan fingerprint density at radius 2 is 2.15 bits per heavy atom. The minimum absolute atomic E-state index is 0.0784. The van der Waals surface area contributed by atoms with Crippen molar-refractivity contribution in [3.8, 4) is 0 Å². The fourth-order valence-electron chi connectivity index (χ4n) is 1.29. The molecule has 2 rings (SSSR count). The molecular formula is C10H8O2S. The van der Waals surface area contributed by atoms with Gasteiger partial charge in [0.1, 0.15) is 0 Å². The van der Waals surface area contributed by atoms with E-state index in [1.165, 1.54) is 11.8 Å². The molecule has 0 saturated carbocycles. The van der Waals surface area contributed by atoms with Crippen LogP contribution >= 0.6 is 11.8 Å². The molecule has 1 N–H and O–H groups in total. The molecule has 1 aliphatic rings. The van der Waals surface area contributed by atoms with Crippen LogP contribution in [0.2, 0.25) is 0 Å². The average Bonchev–Trinajstić information content (AvgIpc) is 2.18. The molecule has 0 aliphatic carbocycles. The number of fused-ring (bicyclic) bond motifs is 1. The largest absolute Gasteiger partial charge is 0.515 e. The van der Waals surface area contributed by atoms with Gasteiger partial charge in [-0.3, -0.25) is 4.79 Å². The van der Waals surface area contributed by atoms with Crippen molar-refractivity contribution >= 4 is 17.5 Å². The first-order valence-corrected chi connectivity index (χ1v) is 4.76.